The first-order chi connectivity index (χ1) is 9.97. The molecule has 0 aliphatic carbocycles. The molecular formula is C16H22N2O3. The van der Waals surface area contributed by atoms with E-state index >= 15 is 0 Å². The van der Waals surface area contributed by atoms with Crippen molar-refractivity contribution in [1.82, 2.24) is 4.90 Å². The third-order valence-corrected chi connectivity index (χ3v) is 4.11. The molecule has 1 heterocycles. The molecule has 0 bridgehead atoms. The molecule has 1 aromatic carbocycles. The fraction of sp³-hybridized carbons (Fsp3) is 0.500. The van der Waals surface area contributed by atoms with Gasteiger partial charge in [0, 0.05) is 25.9 Å². The number of nitrogens with zero attached hydrogens (tertiary/aromatic N) is 2. The maximum atomic E-state index is 12.6. The molecule has 2 rings (SSSR count). The Morgan fingerprint density at radius 1 is 1.33 bits per heavy atom. The van der Waals surface area contributed by atoms with Crippen molar-refractivity contribution in [2.24, 2.45) is 0 Å². The van der Waals surface area contributed by atoms with Crippen LogP contribution in [0.5, 0.6) is 0 Å². The number of rotatable bonds is 3. The molecule has 2 amide bonds. The molecule has 21 heavy (non-hydrogen) atoms. The number of methoxy groups -OCH3 is 1. The third kappa shape index (κ3) is 2.93. The largest absolute Gasteiger partial charge is 0.375 e. The van der Waals surface area contributed by atoms with Gasteiger partial charge in [-0.05, 0) is 38.0 Å². The zero-order chi connectivity index (χ0) is 15.6. The predicted molar refractivity (Wildman–Crippen MR) is 81.3 cm³/mol. The third-order valence-electron chi connectivity index (χ3n) is 4.11. The summed E-state index contributed by atoms with van der Waals surface area (Å²) < 4.78 is 4.87. The van der Waals surface area contributed by atoms with E-state index in [1.165, 1.54) is 7.11 Å². The lowest BCUT2D eigenvalue weighted by Gasteiger charge is -2.39. The maximum Gasteiger partial charge on any atom is 0.249 e. The van der Waals surface area contributed by atoms with Crippen molar-refractivity contribution in [3.05, 3.63) is 29.3 Å². The molecule has 1 unspecified atom stereocenters. The van der Waals surface area contributed by atoms with Gasteiger partial charge in [0.2, 0.25) is 11.8 Å². The number of hydrogen-bond donors (Lipinski definition) is 0. The standard InChI is InChI=1S/C16H22N2O3/c1-11-6-5-7-14(12(11)2)18-9-8-17(13(3)16(18)20)15(19)10-21-4/h5-7,13H,8-10H2,1-4H3. The molecule has 0 N–H and O–H groups in total. The molecule has 1 aliphatic heterocycles. The fourth-order valence-corrected chi connectivity index (χ4v) is 2.68. The van der Waals surface area contributed by atoms with Crippen LogP contribution in [0.3, 0.4) is 0 Å². The Labute approximate surface area is 125 Å². The lowest BCUT2D eigenvalue weighted by atomic mass is 10.0. The average molecular weight is 290 g/mol. The van der Waals surface area contributed by atoms with E-state index in [2.05, 4.69) is 0 Å². The van der Waals surface area contributed by atoms with E-state index in [1.54, 1.807) is 16.7 Å². The molecule has 114 valence electrons. The smallest absolute Gasteiger partial charge is 0.249 e. The Morgan fingerprint density at radius 3 is 2.71 bits per heavy atom. The SMILES string of the molecule is COCC(=O)N1CCN(c2cccc(C)c2C)C(=O)C1C. The van der Waals surface area contributed by atoms with Gasteiger partial charge in [-0.15, -0.1) is 0 Å². The first-order valence-corrected chi connectivity index (χ1v) is 7.13. The monoisotopic (exact) mass is 290 g/mol. The summed E-state index contributed by atoms with van der Waals surface area (Å²) in [6.07, 6.45) is 0. The zero-order valence-corrected chi connectivity index (χ0v) is 13.0. The normalized spacial score (nSPS) is 19.0. The van der Waals surface area contributed by atoms with E-state index in [9.17, 15) is 9.59 Å². The van der Waals surface area contributed by atoms with Crippen molar-refractivity contribution in [1.29, 1.82) is 0 Å². The van der Waals surface area contributed by atoms with Gasteiger partial charge in [0.05, 0.1) is 0 Å². The van der Waals surface area contributed by atoms with Crippen LogP contribution in [0.4, 0.5) is 5.69 Å². The summed E-state index contributed by atoms with van der Waals surface area (Å²) in [5, 5.41) is 0. The maximum absolute atomic E-state index is 12.6. The second-order valence-corrected chi connectivity index (χ2v) is 5.41. The number of amides is 2. The van der Waals surface area contributed by atoms with Crippen LogP contribution in [0.25, 0.3) is 0 Å². The van der Waals surface area contributed by atoms with Crippen LogP contribution in [0.1, 0.15) is 18.1 Å². The van der Waals surface area contributed by atoms with Gasteiger partial charge in [-0.25, -0.2) is 0 Å². The van der Waals surface area contributed by atoms with E-state index in [4.69, 9.17) is 4.74 Å². The molecular weight excluding hydrogens is 268 g/mol. The second-order valence-electron chi connectivity index (χ2n) is 5.41. The van der Waals surface area contributed by atoms with Gasteiger partial charge in [0.1, 0.15) is 12.6 Å². The number of hydrogen-bond acceptors (Lipinski definition) is 3. The van der Waals surface area contributed by atoms with E-state index in [0.717, 1.165) is 16.8 Å². The number of carbonyl (C=O) groups excluding carboxylic acids is 2. The van der Waals surface area contributed by atoms with E-state index in [-0.39, 0.29) is 18.4 Å². The number of piperazine rings is 1. The van der Waals surface area contributed by atoms with Crippen molar-refractivity contribution < 1.29 is 14.3 Å². The van der Waals surface area contributed by atoms with Crippen LogP contribution >= 0.6 is 0 Å². The predicted octanol–water partition coefficient (Wildman–Crippen LogP) is 1.51. The van der Waals surface area contributed by atoms with Crippen molar-refractivity contribution in [3.63, 3.8) is 0 Å². The molecule has 5 nitrogen and oxygen atoms in total. The molecule has 1 saturated heterocycles. The Kier molecular flexibility index (Phi) is 4.63. The molecule has 0 saturated carbocycles. The average Bonchev–Trinajstić information content (AvgIpc) is 2.45. The van der Waals surface area contributed by atoms with Crippen molar-refractivity contribution in [2.75, 3.05) is 31.7 Å². The molecule has 1 fully saturated rings. The second kappa shape index (κ2) is 6.26. The van der Waals surface area contributed by atoms with Crippen LogP contribution < -0.4 is 4.90 Å². The minimum atomic E-state index is -0.457. The highest BCUT2D eigenvalue weighted by molar-refractivity contribution is 6.00. The zero-order valence-electron chi connectivity index (χ0n) is 13.0. The van der Waals surface area contributed by atoms with E-state index in [0.29, 0.717) is 13.1 Å². The fourth-order valence-electron chi connectivity index (χ4n) is 2.68. The van der Waals surface area contributed by atoms with Crippen LogP contribution in [0, 0.1) is 13.8 Å². The molecule has 1 aliphatic rings. The number of ether oxygens (including phenoxy) is 1. The van der Waals surface area contributed by atoms with Gasteiger partial charge >= 0.3 is 0 Å². The Morgan fingerprint density at radius 2 is 2.05 bits per heavy atom. The lowest BCUT2D eigenvalue weighted by Crippen LogP contribution is -2.58. The molecule has 5 heteroatoms. The number of anilines is 1. The molecule has 0 radical (unpaired) electrons. The summed E-state index contributed by atoms with van der Waals surface area (Å²) in [7, 11) is 1.48. The molecule has 0 spiro atoms. The summed E-state index contributed by atoms with van der Waals surface area (Å²) in [6, 6.07) is 5.49. The van der Waals surface area contributed by atoms with Crippen LogP contribution in [0.2, 0.25) is 0 Å². The van der Waals surface area contributed by atoms with Gasteiger partial charge in [0.15, 0.2) is 0 Å². The van der Waals surface area contributed by atoms with Crippen molar-refractivity contribution in [3.8, 4) is 0 Å². The summed E-state index contributed by atoms with van der Waals surface area (Å²) in [6.45, 7) is 6.88. The van der Waals surface area contributed by atoms with E-state index < -0.39 is 6.04 Å². The highest BCUT2D eigenvalue weighted by Crippen LogP contribution is 2.26. The summed E-state index contributed by atoms with van der Waals surface area (Å²) >= 11 is 0. The van der Waals surface area contributed by atoms with Gasteiger partial charge < -0.3 is 14.5 Å². The van der Waals surface area contributed by atoms with Crippen LogP contribution in [-0.2, 0) is 14.3 Å². The van der Waals surface area contributed by atoms with E-state index in [1.807, 2.05) is 32.0 Å². The number of aryl methyl sites for hydroxylation is 1. The molecule has 1 atom stereocenters. The summed E-state index contributed by atoms with van der Waals surface area (Å²) in [5.41, 5.74) is 3.20. The minimum Gasteiger partial charge on any atom is -0.375 e. The van der Waals surface area contributed by atoms with Crippen molar-refractivity contribution >= 4 is 17.5 Å². The highest BCUT2D eigenvalue weighted by Gasteiger charge is 2.35. The topological polar surface area (TPSA) is 49.9 Å². The Bertz CT molecular complexity index is 556. The highest BCUT2D eigenvalue weighted by atomic mass is 16.5. The lowest BCUT2D eigenvalue weighted by molar-refractivity contribution is -0.143. The Hall–Kier alpha value is -1.88. The van der Waals surface area contributed by atoms with Crippen LogP contribution in [0.15, 0.2) is 18.2 Å². The van der Waals surface area contributed by atoms with Gasteiger partial charge in [-0.2, -0.15) is 0 Å². The van der Waals surface area contributed by atoms with Crippen molar-refractivity contribution in [2.45, 2.75) is 26.8 Å². The number of carbonyl (C=O) groups is 2. The number of benzene rings is 1. The Balaban J connectivity index is 2.22. The minimum absolute atomic E-state index is 0.0150. The quantitative estimate of drug-likeness (QED) is 0.848. The first-order valence-electron chi connectivity index (χ1n) is 7.13. The summed E-state index contributed by atoms with van der Waals surface area (Å²) in [4.78, 5) is 27.9. The van der Waals surface area contributed by atoms with Gasteiger partial charge in [0.25, 0.3) is 0 Å². The van der Waals surface area contributed by atoms with Crippen LogP contribution in [-0.4, -0.2) is 49.6 Å². The first kappa shape index (κ1) is 15.5. The molecule has 1 aromatic rings. The molecule has 0 aromatic heterocycles. The summed E-state index contributed by atoms with van der Waals surface area (Å²) in [5.74, 6) is -0.182. The van der Waals surface area contributed by atoms with Gasteiger partial charge in [-0.1, -0.05) is 12.1 Å². The van der Waals surface area contributed by atoms with Gasteiger partial charge in [-0.3, -0.25) is 9.59 Å².